The summed E-state index contributed by atoms with van der Waals surface area (Å²) in [6, 6.07) is 6.24. The van der Waals surface area contributed by atoms with Gasteiger partial charge in [0.15, 0.2) is 0 Å². The molecule has 0 spiro atoms. The highest BCUT2D eigenvalue weighted by atomic mass is 32.1. The Kier molecular flexibility index (Phi) is 2.30. The maximum atomic E-state index is 12.9. The van der Waals surface area contributed by atoms with E-state index >= 15 is 0 Å². The fraction of sp³-hybridized carbons (Fsp3) is 0. The van der Waals surface area contributed by atoms with E-state index in [9.17, 15) is 9.50 Å². The molecule has 0 atom stereocenters. The molecule has 84 valence electrons. The van der Waals surface area contributed by atoms with E-state index in [0.717, 1.165) is 21.2 Å². The molecule has 2 heterocycles. The van der Waals surface area contributed by atoms with Crippen molar-refractivity contribution in [1.82, 2.24) is 4.98 Å². The smallest absolute Gasteiger partial charge is 0.143 e. The average molecular weight is 245 g/mol. The van der Waals surface area contributed by atoms with Crippen LogP contribution in [0.3, 0.4) is 0 Å². The van der Waals surface area contributed by atoms with Crippen LogP contribution < -0.4 is 0 Å². The van der Waals surface area contributed by atoms with E-state index in [1.165, 1.54) is 29.7 Å². The first kappa shape index (κ1) is 10.2. The van der Waals surface area contributed by atoms with Gasteiger partial charge in [-0.2, -0.15) is 0 Å². The lowest BCUT2D eigenvalue weighted by atomic mass is 10.1. The van der Waals surface area contributed by atoms with E-state index in [4.69, 9.17) is 0 Å². The predicted molar refractivity (Wildman–Crippen MR) is 66.7 cm³/mol. The van der Waals surface area contributed by atoms with Crippen LogP contribution in [0, 0.1) is 5.82 Å². The molecule has 0 aliphatic carbocycles. The normalized spacial score (nSPS) is 10.9. The molecule has 0 fully saturated rings. The van der Waals surface area contributed by atoms with Gasteiger partial charge in [-0.15, -0.1) is 11.3 Å². The molecule has 2 aromatic heterocycles. The number of fused-ring (bicyclic) bond motifs is 1. The van der Waals surface area contributed by atoms with E-state index in [1.807, 2.05) is 5.38 Å². The van der Waals surface area contributed by atoms with Crippen LogP contribution in [0.1, 0.15) is 0 Å². The van der Waals surface area contributed by atoms with Crippen LogP contribution in [-0.2, 0) is 0 Å². The second-order valence-corrected chi connectivity index (χ2v) is 4.60. The quantitative estimate of drug-likeness (QED) is 0.707. The lowest BCUT2D eigenvalue weighted by Gasteiger charge is -2.01. The molecular weight excluding hydrogens is 237 g/mol. The minimum Gasteiger partial charge on any atom is -0.506 e. The predicted octanol–water partition coefficient (Wildman–Crippen LogP) is 3.81. The number of halogens is 1. The van der Waals surface area contributed by atoms with Crippen LogP contribution in [0.4, 0.5) is 4.39 Å². The summed E-state index contributed by atoms with van der Waals surface area (Å²) < 4.78 is 13.8. The van der Waals surface area contributed by atoms with Gasteiger partial charge in [-0.3, -0.25) is 4.98 Å². The first-order valence-corrected chi connectivity index (χ1v) is 5.94. The average Bonchev–Trinajstić information content (AvgIpc) is 2.75. The van der Waals surface area contributed by atoms with E-state index in [-0.39, 0.29) is 11.6 Å². The summed E-state index contributed by atoms with van der Waals surface area (Å²) in [5.74, 6) is -0.109. The third kappa shape index (κ3) is 1.66. The third-order valence-electron chi connectivity index (χ3n) is 2.62. The summed E-state index contributed by atoms with van der Waals surface area (Å²) in [6.45, 7) is 0. The van der Waals surface area contributed by atoms with Crippen molar-refractivity contribution in [2.24, 2.45) is 0 Å². The first-order chi connectivity index (χ1) is 8.25. The largest absolute Gasteiger partial charge is 0.506 e. The molecule has 0 amide bonds. The lowest BCUT2D eigenvalue weighted by Crippen LogP contribution is -1.78. The molecule has 0 unspecified atom stereocenters. The van der Waals surface area contributed by atoms with Crippen molar-refractivity contribution in [1.29, 1.82) is 0 Å². The molecule has 0 radical (unpaired) electrons. The van der Waals surface area contributed by atoms with Crippen LogP contribution in [0.2, 0.25) is 0 Å². The van der Waals surface area contributed by atoms with Gasteiger partial charge in [0.05, 0.1) is 10.9 Å². The summed E-state index contributed by atoms with van der Waals surface area (Å²) in [7, 11) is 0. The molecule has 17 heavy (non-hydrogen) atoms. The number of aromatic nitrogens is 1. The van der Waals surface area contributed by atoms with Crippen molar-refractivity contribution in [2.75, 3.05) is 0 Å². The third-order valence-corrected chi connectivity index (χ3v) is 3.54. The number of nitrogens with zero attached hydrogens (tertiary/aromatic N) is 1. The molecule has 1 aromatic carbocycles. The van der Waals surface area contributed by atoms with E-state index in [0.29, 0.717) is 0 Å². The minimum absolute atomic E-state index is 0.156. The van der Waals surface area contributed by atoms with Gasteiger partial charge in [0.2, 0.25) is 0 Å². The van der Waals surface area contributed by atoms with E-state index in [2.05, 4.69) is 4.98 Å². The fourth-order valence-corrected chi connectivity index (χ4v) is 2.77. The Labute approximate surface area is 101 Å². The molecule has 0 saturated heterocycles. The van der Waals surface area contributed by atoms with Gasteiger partial charge in [0.25, 0.3) is 0 Å². The van der Waals surface area contributed by atoms with Gasteiger partial charge in [0.1, 0.15) is 11.6 Å². The van der Waals surface area contributed by atoms with Gasteiger partial charge in [-0.25, -0.2) is 4.39 Å². The number of thiophene rings is 1. The summed E-state index contributed by atoms with van der Waals surface area (Å²) in [4.78, 5) is 3.93. The second-order valence-electron chi connectivity index (χ2n) is 3.69. The van der Waals surface area contributed by atoms with Crippen molar-refractivity contribution >= 4 is 21.4 Å². The fourth-order valence-electron chi connectivity index (χ4n) is 1.81. The topological polar surface area (TPSA) is 33.1 Å². The highest BCUT2D eigenvalue weighted by Crippen LogP contribution is 2.38. The Balaban J connectivity index is 2.27. The van der Waals surface area contributed by atoms with Crippen molar-refractivity contribution in [2.45, 2.75) is 0 Å². The van der Waals surface area contributed by atoms with E-state index in [1.54, 1.807) is 18.3 Å². The Bertz CT molecular complexity index is 675. The highest BCUT2D eigenvalue weighted by molar-refractivity contribution is 7.17. The summed E-state index contributed by atoms with van der Waals surface area (Å²) in [5.41, 5.74) is 1.80. The van der Waals surface area contributed by atoms with Gasteiger partial charge >= 0.3 is 0 Å². The molecule has 3 rings (SSSR count). The SMILES string of the molecule is Oc1cncc2scc(-c3ccc(F)cc3)c12. The Morgan fingerprint density at radius 2 is 1.88 bits per heavy atom. The van der Waals surface area contributed by atoms with Gasteiger partial charge in [-0.05, 0) is 23.1 Å². The van der Waals surface area contributed by atoms with Crippen LogP contribution in [0.5, 0.6) is 5.75 Å². The van der Waals surface area contributed by atoms with Crippen LogP contribution >= 0.6 is 11.3 Å². The summed E-state index contributed by atoms with van der Waals surface area (Å²) >= 11 is 1.51. The highest BCUT2D eigenvalue weighted by Gasteiger charge is 2.10. The molecule has 2 nitrogen and oxygen atoms in total. The van der Waals surface area contributed by atoms with Gasteiger partial charge < -0.3 is 5.11 Å². The summed E-state index contributed by atoms with van der Waals surface area (Å²) in [6.07, 6.45) is 3.13. The van der Waals surface area contributed by atoms with Crippen LogP contribution in [0.25, 0.3) is 21.2 Å². The van der Waals surface area contributed by atoms with Crippen molar-refractivity contribution < 1.29 is 9.50 Å². The van der Waals surface area contributed by atoms with Gasteiger partial charge in [-0.1, -0.05) is 12.1 Å². The zero-order valence-electron chi connectivity index (χ0n) is 8.72. The molecular formula is C13H8FNOS. The zero-order chi connectivity index (χ0) is 11.8. The minimum atomic E-state index is -0.265. The monoisotopic (exact) mass is 245 g/mol. The molecule has 0 saturated carbocycles. The van der Waals surface area contributed by atoms with E-state index < -0.39 is 0 Å². The Hall–Kier alpha value is -1.94. The number of rotatable bonds is 1. The summed E-state index contributed by atoms with van der Waals surface area (Å²) in [5, 5.41) is 12.5. The standard InChI is InChI=1S/C13H8FNOS/c14-9-3-1-8(2-4-9)10-7-17-12-6-15-5-11(16)13(10)12/h1-7,16H. The Morgan fingerprint density at radius 1 is 1.12 bits per heavy atom. The van der Waals surface area contributed by atoms with Crippen LogP contribution in [0.15, 0.2) is 42.0 Å². The van der Waals surface area contributed by atoms with Gasteiger partial charge in [0, 0.05) is 17.1 Å². The number of pyridine rings is 1. The molecule has 0 bridgehead atoms. The molecule has 0 aliphatic rings. The van der Waals surface area contributed by atoms with Crippen LogP contribution in [-0.4, -0.2) is 10.1 Å². The second kappa shape index (κ2) is 3.82. The maximum Gasteiger partial charge on any atom is 0.143 e. The molecule has 4 heteroatoms. The first-order valence-electron chi connectivity index (χ1n) is 5.06. The Morgan fingerprint density at radius 3 is 2.65 bits per heavy atom. The number of hydrogen-bond acceptors (Lipinski definition) is 3. The van der Waals surface area contributed by atoms with Crippen molar-refractivity contribution in [3.05, 3.63) is 47.9 Å². The van der Waals surface area contributed by atoms with Crippen molar-refractivity contribution in [3.63, 3.8) is 0 Å². The molecule has 1 N–H and O–H groups in total. The number of benzene rings is 1. The van der Waals surface area contributed by atoms with Crippen molar-refractivity contribution in [3.8, 4) is 16.9 Å². The number of aromatic hydroxyl groups is 1. The zero-order valence-corrected chi connectivity index (χ0v) is 9.54. The maximum absolute atomic E-state index is 12.9. The lowest BCUT2D eigenvalue weighted by molar-refractivity contribution is 0.479. The molecule has 0 aliphatic heterocycles. The molecule has 3 aromatic rings. The number of hydrogen-bond donors (Lipinski definition) is 1.